The molecule has 9 aromatic rings. The standard InChI is InChI=1S/C20H12O5.2C13H9N/c21-11-5-7-15-17(9-11)24-18-10-12(22)6-8-16(18)20(15)14-4-2-1-3-13(14)19(23)25-20;2*1-3-7-12-10(5-1)9-11-6-2-4-8-13(11)14-12/h1-10,21-22H;2*1-9H. The van der Waals surface area contributed by atoms with Crippen molar-refractivity contribution in [2.45, 2.75) is 5.60 Å². The Morgan fingerprint density at radius 1 is 0.434 bits per heavy atom. The molecule has 0 radical (unpaired) electrons. The summed E-state index contributed by atoms with van der Waals surface area (Å²) in [6.45, 7) is 0. The van der Waals surface area contributed by atoms with Gasteiger partial charge in [-0.3, -0.25) is 0 Å². The van der Waals surface area contributed by atoms with Crippen molar-refractivity contribution >= 4 is 49.6 Å². The number of nitrogens with zero attached hydrogens (tertiary/aromatic N) is 2. The van der Waals surface area contributed by atoms with Crippen molar-refractivity contribution in [2.24, 2.45) is 0 Å². The van der Waals surface area contributed by atoms with Crippen molar-refractivity contribution < 1.29 is 24.5 Å². The lowest BCUT2D eigenvalue weighted by Gasteiger charge is -2.36. The van der Waals surface area contributed by atoms with Gasteiger partial charge >= 0.3 is 5.97 Å². The first-order valence-electron chi connectivity index (χ1n) is 17.1. The van der Waals surface area contributed by atoms with Crippen LogP contribution in [0.25, 0.3) is 43.6 Å². The molecule has 0 bridgehead atoms. The molecule has 53 heavy (non-hydrogen) atoms. The molecule has 1 spiro atoms. The summed E-state index contributed by atoms with van der Waals surface area (Å²) < 4.78 is 11.8. The van der Waals surface area contributed by atoms with Crippen LogP contribution in [0, 0.1) is 0 Å². The van der Waals surface area contributed by atoms with E-state index in [4.69, 9.17) is 9.47 Å². The zero-order valence-corrected chi connectivity index (χ0v) is 28.2. The molecule has 7 aromatic carbocycles. The van der Waals surface area contributed by atoms with Crippen molar-refractivity contribution in [3.63, 3.8) is 0 Å². The van der Waals surface area contributed by atoms with Crippen LogP contribution in [0.1, 0.15) is 27.0 Å². The van der Waals surface area contributed by atoms with Gasteiger partial charge in [0.25, 0.3) is 0 Å². The number of phenols is 2. The number of hydrogen-bond acceptors (Lipinski definition) is 7. The van der Waals surface area contributed by atoms with Crippen molar-refractivity contribution in [1.82, 2.24) is 9.97 Å². The SMILES string of the molecule is O=C1OC2(c3ccc(O)cc3Oc3cc(O)ccc32)c2ccccc21.c1ccc2nc3ccccc3cc2c1.c1ccc2nc3ccccc3cc2c1. The average Bonchev–Trinajstić information content (AvgIpc) is 3.48. The number of carbonyl (C=O) groups is 1. The van der Waals surface area contributed by atoms with E-state index in [1.165, 1.54) is 45.8 Å². The predicted molar refractivity (Wildman–Crippen MR) is 207 cm³/mol. The molecule has 7 heteroatoms. The number of para-hydroxylation sites is 4. The lowest BCUT2D eigenvalue weighted by Crippen LogP contribution is -2.32. The quantitative estimate of drug-likeness (QED) is 0.121. The van der Waals surface area contributed by atoms with Gasteiger partial charge in [-0.2, -0.15) is 0 Å². The summed E-state index contributed by atoms with van der Waals surface area (Å²) >= 11 is 0. The smallest absolute Gasteiger partial charge is 0.340 e. The van der Waals surface area contributed by atoms with Crippen LogP contribution in [0.15, 0.2) is 170 Å². The first-order chi connectivity index (χ1) is 26.0. The highest BCUT2D eigenvalue weighted by molar-refractivity contribution is 5.97. The number of aromatic hydroxyl groups is 2. The lowest BCUT2D eigenvalue weighted by atomic mass is 9.77. The zero-order chi connectivity index (χ0) is 35.9. The summed E-state index contributed by atoms with van der Waals surface area (Å²) in [7, 11) is 0. The fourth-order valence-electron chi connectivity index (χ4n) is 7.09. The molecule has 2 aliphatic rings. The third-order valence-corrected chi connectivity index (χ3v) is 9.53. The van der Waals surface area contributed by atoms with Crippen LogP contribution in [0.3, 0.4) is 0 Å². The number of esters is 1. The normalized spacial score (nSPS) is 13.2. The maximum absolute atomic E-state index is 12.5. The van der Waals surface area contributed by atoms with Gasteiger partial charge in [0, 0.05) is 50.4 Å². The second-order valence-corrected chi connectivity index (χ2v) is 12.8. The van der Waals surface area contributed by atoms with Gasteiger partial charge in [0.15, 0.2) is 5.60 Å². The Labute approximate surface area is 304 Å². The van der Waals surface area contributed by atoms with Gasteiger partial charge in [0.05, 0.1) is 27.6 Å². The van der Waals surface area contributed by atoms with Crippen LogP contribution in [0.4, 0.5) is 0 Å². The monoisotopic (exact) mass is 690 g/mol. The van der Waals surface area contributed by atoms with Gasteiger partial charge in [-0.15, -0.1) is 0 Å². The van der Waals surface area contributed by atoms with Gasteiger partial charge in [-0.05, 0) is 66.7 Å². The number of ether oxygens (including phenoxy) is 2. The molecule has 0 saturated heterocycles. The first-order valence-corrected chi connectivity index (χ1v) is 17.1. The Morgan fingerprint density at radius 3 is 1.28 bits per heavy atom. The van der Waals surface area contributed by atoms with Crippen LogP contribution >= 0.6 is 0 Å². The van der Waals surface area contributed by atoms with Gasteiger partial charge < -0.3 is 19.7 Å². The van der Waals surface area contributed by atoms with Gasteiger partial charge in [-0.25, -0.2) is 14.8 Å². The molecule has 4 heterocycles. The Balaban J connectivity index is 0.000000113. The number of aromatic nitrogens is 2. The highest BCUT2D eigenvalue weighted by atomic mass is 16.6. The van der Waals surface area contributed by atoms with E-state index < -0.39 is 11.6 Å². The van der Waals surface area contributed by atoms with Crippen molar-refractivity contribution in [2.75, 3.05) is 0 Å². The van der Waals surface area contributed by atoms with Gasteiger partial charge in [0.1, 0.15) is 23.0 Å². The second-order valence-electron chi connectivity index (χ2n) is 12.8. The van der Waals surface area contributed by atoms with Crippen LogP contribution in [-0.2, 0) is 10.3 Å². The molecule has 0 atom stereocenters. The van der Waals surface area contributed by atoms with Crippen LogP contribution < -0.4 is 4.74 Å². The van der Waals surface area contributed by atoms with E-state index in [1.807, 2.05) is 84.9 Å². The molecule has 2 aliphatic heterocycles. The van der Waals surface area contributed by atoms with E-state index in [9.17, 15) is 15.0 Å². The minimum Gasteiger partial charge on any atom is -0.508 e. The fraction of sp³-hybridized carbons (Fsp3) is 0.0217. The van der Waals surface area contributed by atoms with Crippen molar-refractivity contribution in [3.8, 4) is 23.0 Å². The van der Waals surface area contributed by atoms with Crippen LogP contribution in [0.5, 0.6) is 23.0 Å². The molecule has 7 nitrogen and oxygen atoms in total. The molecule has 254 valence electrons. The molecule has 0 saturated carbocycles. The topological polar surface area (TPSA) is 102 Å². The molecule has 2 aromatic heterocycles. The van der Waals surface area contributed by atoms with Crippen molar-refractivity contribution in [3.05, 3.63) is 192 Å². The molecule has 11 rings (SSSR count). The number of rotatable bonds is 0. The zero-order valence-electron chi connectivity index (χ0n) is 28.2. The Morgan fingerprint density at radius 2 is 0.830 bits per heavy atom. The van der Waals surface area contributed by atoms with E-state index in [0.717, 1.165) is 22.1 Å². The number of hydrogen-bond donors (Lipinski definition) is 2. The summed E-state index contributed by atoms with van der Waals surface area (Å²) in [5.41, 5.74) is 5.53. The van der Waals surface area contributed by atoms with E-state index in [0.29, 0.717) is 33.8 Å². The first kappa shape index (κ1) is 31.7. The molecule has 0 unspecified atom stereocenters. The number of carbonyl (C=O) groups excluding carboxylic acids is 1. The van der Waals surface area contributed by atoms with Crippen LogP contribution in [-0.4, -0.2) is 26.2 Å². The largest absolute Gasteiger partial charge is 0.508 e. The predicted octanol–water partition coefficient (Wildman–Crippen LogP) is 10.4. The molecule has 2 N–H and O–H groups in total. The maximum atomic E-state index is 12.5. The highest BCUT2D eigenvalue weighted by Crippen LogP contribution is 2.56. The number of benzene rings is 7. The second kappa shape index (κ2) is 12.8. The number of phenolic OH excluding ortho intramolecular Hbond substituents is 2. The minimum atomic E-state index is -1.17. The Bertz CT molecular complexity index is 2500. The third kappa shape index (κ3) is 5.61. The summed E-state index contributed by atoms with van der Waals surface area (Å²) in [5.74, 6) is 0.408. The maximum Gasteiger partial charge on any atom is 0.340 e. The summed E-state index contributed by atoms with van der Waals surface area (Å²) in [6.07, 6.45) is 0. The fourth-order valence-corrected chi connectivity index (χ4v) is 7.09. The van der Waals surface area contributed by atoms with E-state index >= 15 is 0 Å². The minimum absolute atomic E-state index is 0.0371. The third-order valence-electron chi connectivity index (χ3n) is 9.53. The number of pyridine rings is 2. The van der Waals surface area contributed by atoms with Crippen LogP contribution in [0.2, 0.25) is 0 Å². The van der Waals surface area contributed by atoms with Gasteiger partial charge in [0.2, 0.25) is 0 Å². The summed E-state index contributed by atoms with van der Waals surface area (Å²) in [5, 5.41) is 24.5. The lowest BCUT2D eigenvalue weighted by molar-refractivity contribution is 0.0224. The summed E-state index contributed by atoms with van der Waals surface area (Å²) in [6, 6.07) is 53.7. The molecule has 0 amide bonds. The molecule has 0 aliphatic carbocycles. The van der Waals surface area contributed by atoms with Crippen molar-refractivity contribution in [1.29, 1.82) is 0 Å². The van der Waals surface area contributed by atoms with Gasteiger partial charge in [-0.1, -0.05) is 91.0 Å². The molecular weight excluding hydrogens is 661 g/mol. The Hall–Kier alpha value is -7.25. The molecule has 0 fully saturated rings. The highest BCUT2D eigenvalue weighted by Gasteiger charge is 2.53. The molecular formula is C46H30N2O5. The van der Waals surface area contributed by atoms with E-state index in [1.54, 1.807) is 24.3 Å². The average molecular weight is 691 g/mol. The summed E-state index contributed by atoms with van der Waals surface area (Å²) in [4.78, 5) is 21.7. The number of fused-ring (bicyclic) bond motifs is 10. The van der Waals surface area contributed by atoms with E-state index in [-0.39, 0.29) is 11.5 Å². The Kier molecular flexibility index (Phi) is 7.67. The van der Waals surface area contributed by atoms with E-state index in [2.05, 4.69) is 46.4 Å².